The van der Waals surface area contributed by atoms with Crippen LogP contribution in [-0.4, -0.2) is 34.7 Å². The van der Waals surface area contributed by atoms with E-state index in [0.29, 0.717) is 18.3 Å². The number of rotatable bonds is 3. The normalized spacial score (nSPS) is 28.0. The van der Waals surface area contributed by atoms with Crippen LogP contribution in [0.4, 0.5) is 10.5 Å². The number of anilines is 1. The number of urea groups is 1. The van der Waals surface area contributed by atoms with E-state index in [1.165, 1.54) is 5.56 Å². The summed E-state index contributed by atoms with van der Waals surface area (Å²) in [5.74, 6) is 0.797. The van der Waals surface area contributed by atoms with Crippen LogP contribution in [0.2, 0.25) is 0 Å². The Balaban J connectivity index is 1.35. The van der Waals surface area contributed by atoms with E-state index in [2.05, 4.69) is 17.4 Å². The third-order valence-corrected chi connectivity index (χ3v) is 5.55. The minimum absolute atomic E-state index is 0.0350. The molecule has 130 valence electrons. The number of likely N-dealkylation sites (tertiary alicyclic amines) is 1. The summed E-state index contributed by atoms with van der Waals surface area (Å²) in [4.78, 5) is 14.3. The van der Waals surface area contributed by atoms with E-state index >= 15 is 0 Å². The summed E-state index contributed by atoms with van der Waals surface area (Å²) in [6, 6.07) is 19.7. The summed E-state index contributed by atoms with van der Waals surface area (Å²) < 4.78 is 0. The SMILES string of the molecule is O=C(Nc1ccccc1)N1C[C@@H]2C[C@](O)(Cc3ccccc3)C[C@@H]2C1. The van der Waals surface area contributed by atoms with Crippen LogP contribution in [0.3, 0.4) is 0 Å². The second kappa shape index (κ2) is 6.52. The summed E-state index contributed by atoms with van der Waals surface area (Å²) in [5.41, 5.74) is 1.38. The van der Waals surface area contributed by atoms with E-state index in [9.17, 15) is 9.90 Å². The van der Waals surface area contributed by atoms with Gasteiger partial charge >= 0.3 is 6.03 Å². The van der Waals surface area contributed by atoms with Crippen LogP contribution >= 0.6 is 0 Å². The van der Waals surface area contributed by atoms with Crippen LogP contribution in [-0.2, 0) is 6.42 Å². The van der Waals surface area contributed by atoms with Crippen molar-refractivity contribution in [1.82, 2.24) is 4.90 Å². The van der Waals surface area contributed by atoms with Crippen molar-refractivity contribution in [2.45, 2.75) is 24.9 Å². The summed E-state index contributed by atoms with van der Waals surface area (Å²) in [6.07, 6.45) is 2.26. The van der Waals surface area contributed by atoms with E-state index < -0.39 is 5.60 Å². The molecule has 0 spiro atoms. The highest BCUT2D eigenvalue weighted by Gasteiger charge is 2.49. The minimum Gasteiger partial charge on any atom is -0.390 e. The Kier molecular flexibility index (Phi) is 4.22. The number of amides is 2. The average molecular weight is 336 g/mol. The fourth-order valence-corrected chi connectivity index (χ4v) is 4.47. The first-order chi connectivity index (χ1) is 12.1. The third kappa shape index (κ3) is 3.54. The predicted octanol–water partition coefficient (Wildman–Crippen LogP) is 3.53. The number of carbonyl (C=O) groups excluding carboxylic acids is 1. The zero-order chi connectivity index (χ0) is 17.3. The largest absolute Gasteiger partial charge is 0.390 e. The fraction of sp³-hybridized carbons (Fsp3) is 0.381. The molecule has 4 nitrogen and oxygen atoms in total. The number of aliphatic hydroxyl groups is 1. The van der Waals surface area contributed by atoms with Gasteiger partial charge in [-0.15, -0.1) is 0 Å². The molecule has 1 aliphatic carbocycles. The molecule has 1 saturated heterocycles. The summed E-state index contributed by atoms with van der Waals surface area (Å²) in [5, 5.41) is 13.9. The van der Waals surface area contributed by atoms with Crippen molar-refractivity contribution >= 4 is 11.7 Å². The molecule has 4 heteroatoms. The summed E-state index contributed by atoms with van der Waals surface area (Å²) in [7, 11) is 0. The molecule has 2 aliphatic rings. The Morgan fingerprint density at radius 1 is 1.00 bits per heavy atom. The molecule has 4 rings (SSSR count). The summed E-state index contributed by atoms with van der Waals surface area (Å²) in [6.45, 7) is 1.47. The predicted molar refractivity (Wildman–Crippen MR) is 98.3 cm³/mol. The molecule has 2 aromatic carbocycles. The second-order valence-corrected chi connectivity index (χ2v) is 7.52. The van der Waals surface area contributed by atoms with Crippen LogP contribution in [0.25, 0.3) is 0 Å². The van der Waals surface area contributed by atoms with Gasteiger partial charge in [-0.3, -0.25) is 0 Å². The maximum atomic E-state index is 12.5. The van der Waals surface area contributed by atoms with Crippen molar-refractivity contribution in [3.8, 4) is 0 Å². The van der Waals surface area contributed by atoms with Crippen molar-refractivity contribution in [1.29, 1.82) is 0 Å². The smallest absolute Gasteiger partial charge is 0.321 e. The number of nitrogens with one attached hydrogen (secondary N) is 1. The third-order valence-electron chi connectivity index (χ3n) is 5.55. The van der Waals surface area contributed by atoms with E-state index in [0.717, 1.165) is 31.6 Å². The van der Waals surface area contributed by atoms with Crippen LogP contribution in [0, 0.1) is 11.8 Å². The molecular formula is C21H24N2O2. The Bertz CT molecular complexity index is 718. The molecule has 1 heterocycles. The molecule has 0 aromatic heterocycles. The van der Waals surface area contributed by atoms with Crippen LogP contribution in [0.5, 0.6) is 0 Å². The second-order valence-electron chi connectivity index (χ2n) is 7.52. The van der Waals surface area contributed by atoms with E-state index in [-0.39, 0.29) is 6.03 Å². The number of fused-ring (bicyclic) bond motifs is 1. The number of para-hydroxylation sites is 1. The maximum Gasteiger partial charge on any atom is 0.321 e. The Morgan fingerprint density at radius 2 is 1.56 bits per heavy atom. The Morgan fingerprint density at radius 3 is 2.16 bits per heavy atom. The first kappa shape index (κ1) is 16.2. The molecule has 0 unspecified atom stereocenters. The standard InChI is InChI=1S/C21H24N2O2/c24-20(22-19-9-5-2-6-10-19)23-14-17-12-21(25,13-18(17)15-23)11-16-7-3-1-4-8-16/h1-10,17-18,25H,11-15H2,(H,22,24)/t17-,18+,21+. The van der Waals surface area contributed by atoms with Crippen LogP contribution in [0.1, 0.15) is 18.4 Å². The molecule has 2 amide bonds. The number of carbonyl (C=O) groups is 1. The number of hydrogen-bond donors (Lipinski definition) is 2. The quantitative estimate of drug-likeness (QED) is 0.901. The van der Waals surface area contributed by atoms with Crippen molar-refractivity contribution in [2.24, 2.45) is 11.8 Å². The fourth-order valence-electron chi connectivity index (χ4n) is 4.47. The van der Waals surface area contributed by atoms with Gasteiger partial charge in [-0.1, -0.05) is 48.5 Å². The highest BCUT2D eigenvalue weighted by molar-refractivity contribution is 5.89. The van der Waals surface area contributed by atoms with Gasteiger partial charge < -0.3 is 15.3 Å². The van der Waals surface area contributed by atoms with Gasteiger partial charge in [-0.25, -0.2) is 4.79 Å². The van der Waals surface area contributed by atoms with Gasteiger partial charge in [0.25, 0.3) is 0 Å². The van der Waals surface area contributed by atoms with Crippen molar-refractivity contribution in [3.05, 3.63) is 66.2 Å². The average Bonchev–Trinajstić information content (AvgIpc) is 3.11. The first-order valence-electron chi connectivity index (χ1n) is 8.99. The molecule has 25 heavy (non-hydrogen) atoms. The number of benzene rings is 2. The van der Waals surface area contributed by atoms with Crippen LogP contribution < -0.4 is 5.32 Å². The van der Waals surface area contributed by atoms with Gasteiger partial charge in [-0.05, 0) is 42.4 Å². The lowest BCUT2D eigenvalue weighted by molar-refractivity contribution is 0.0369. The topological polar surface area (TPSA) is 52.6 Å². The molecular weight excluding hydrogens is 312 g/mol. The van der Waals surface area contributed by atoms with Gasteiger partial charge in [0, 0.05) is 25.2 Å². The van der Waals surface area contributed by atoms with E-state index in [1.807, 2.05) is 53.4 Å². The molecule has 2 aromatic rings. The molecule has 3 atom stereocenters. The monoisotopic (exact) mass is 336 g/mol. The lowest BCUT2D eigenvalue weighted by Gasteiger charge is -2.26. The number of nitrogens with zero attached hydrogens (tertiary/aromatic N) is 1. The van der Waals surface area contributed by atoms with E-state index in [4.69, 9.17) is 0 Å². The van der Waals surface area contributed by atoms with Crippen molar-refractivity contribution in [2.75, 3.05) is 18.4 Å². The van der Waals surface area contributed by atoms with Gasteiger partial charge in [0.1, 0.15) is 0 Å². The van der Waals surface area contributed by atoms with Gasteiger partial charge in [0.05, 0.1) is 5.60 Å². The molecule has 2 N–H and O–H groups in total. The zero-order valence-electron chi connectivity index (χ0n) is 14.3. The molecule has 1 saturated carbocycles. The Labute approximate surface area is 148 Å². The number of hydrogen-bond acceptors (Lipinski definition) is 2. The molecule has 2 fully saturated rings. The van der Waals surface area contributed by atoms with Gasteiger partial charge in [0.15, 0.2) is 0 Å². The van der Waals surface area contributed by atoms with Crippen molar-refractivity contribution < 1.29 is 9.90 Å². The highest BCUT2D eigenvalue weighted by Crippen LogP contribution is 2.45. The lowest BCUT2D eigenvalue weighted by atomic mass is 9.91. The van der Waals surface area contributed by atoms with E-state index in [1.54, 1.807) is 0 Å². The van der Waals surface area contributed by atoms with Crippen molar-refractivity contribution in [3.63, 3.8) is 0 Å². The minimum atomic E-state index is -0.626. The highest BCUT2D eigenvalue weighted by atomic mass is 16.3. The lowest BCUT2D eigenvalue weighted by Crippen LogP contribution is -2.36. The van der Waals surface area contributed by atoms with Crippen LogP contribution in [0.15, 0.2) is 60.7 Å². The maximum absolute atomic E-state index is 12.5. The summed E-state index contributed by atoms with van der Waals surface area (Å²) >= 11 is 0. The molecule has 0 bridgehead atoms. The zero-order valence-corrected chi connectivity index (χ0v) is 14.3. The Hall–Kier alpha value is -2.33. The molecule has 1 aliphatic heterocycles. The van der Waals surface area contributed by atoms with Gasteiger partial charge in [-0.2, -0.15) is 0 Å². The first-order valence-corrected chi connectivity index (χ1v) is 8.99. The van der Waals surface area contributed by atoms with Gasteiger partial charge in [0.2, 0.25) is 0 Å². The molecule has 0 radical (unpaired) electrons.